The molecule has 0 radical (unpaired) electrons. The summed E-state index contributed by atoms with van der Waals surface area (Å²) in [4.78, 5) is 11.6. The normalized spacial score (nSPS) is 15.5. The summed E-state index contributed by atoms with van der Waals surface area (Å²) < 4.78 is 16.3. The van der Waals surface area contributed by atoms with Crippen LogP contribution in [0.4, 0.5) is 0 Å². The van der Waals surface area contributed by atoms with Gasteiger partial charge in [0.05, 0.1) is 12.4 Å². The number of carbonyl (C=O) groups excluding carboxylic acids is 1. The van der Waals surface area contributed by atoms with Gasteiger partial charge in [-0.25, -0.2) is 0 Å². The molecule has 1 atom stereocenters. The van der Waals surface area contributed by atoms with E-state index >= 15 is 0 Å². The molecular weight excluding hydrogens is 212 g/mol. The summed E-state index contributed by atoms with van der Waals surface area (Å²) in [6, 6.07) is 5.44. The summed E-state index contributed by atoms with van der Waals surface area (Å²) in [6.07, 6.45) is 2.44. The minimum atomic E-state index is -1.08. The average Bonchev–Trinajstić information content (AvgIpc) is 2.62. The van der Waals surface area contributed by atoms with Gasteiger partial charge in [-0.05, 0) is 11.6 Å². The van der Waals surface area contributed by atoms with Crippen LogP contribution < -0.4 is 4.74 Å². The van der Waals surface area contributed by atoms with E-state index in [-0.39, 0.29) is 11.5 Å². The van der Waals surface area contributed by atoms with Gasteiger partial charge in [0, 0.05) is 29.0 Å². The Morgan fingerprint density at radius 1 is 1.53 bits per heavy atom. The molecule has 80 valence electrons. The van der Waals surface area contributed by atoms with Crippen LogP contribution in [0.1, 0.15) is 15.9 Å². The van der Waals surface area contributed by atoms with Gasteiger partial charge in [0.1, 0.15) is 5.75 Å². The van der Waals surface area contributed by atoms with Crippen molar-refractivity contribution in [1.82, 2.24) is 0 Å². The van der Waals surface area contributed by atoms with Crippen molar-refractivity contribution in [2.24, 2.45) is 0 Å². The molecule has 0 aliphatic carbocycles. The first-order chi connectivity index (χ1) is 7.16. The Morgan fingerprint density at radius 2 is 2.33 bits per heavy atom. The van der Waals surface area contributed by atoms with Gasteiger partial charge in [0.2, 0.25) is 0 Å². The van der Waals surface area contributed by atoms with Crippen LogP contribution in [0.3, 0.4) is 0 Å². The predicted molar refractivity (Wildman–Crippen MR) is 58.9 cm³/mol. The largest absolute Gasteiger partial charge is 0.493 e. The molecule has 1 unspecified atom stereocenters. The van der Waals surface area contributed by atoms with E-state index in [9.17, 15) is 9.00 Å². The molecule has 0 saturated heterocycles. The van der Waals surface area contributed by atoms with Crippen molar-refractivity contribution < 1.29 is 13.7 Å². The number of fused-ring (bicyclic) bond motifs is 1. The molecule has 1 aromatic rings. The predicted octanol–water partition coefficient (Wildman–Crippen LogP) is 1.18. The number of benzene rings is 1. The van der Waals surface area contributed by atoms with Crippen molar-refractivity contribution in [1.29, 1.82) is 0 Å². The first-order valence-electron chi connectivity index (χ1n) is 4.76. The summed E-state index contributed by atoms with van der Waals surface area (Å²) >= 11 is 0. The van der Waals surface area contributed by atoms with Crippen LogP contribution in [0.15, 0.2) is 18.2 Å². The highest BCUT2D eigenvalue weighted by Crippen LogP contribution is 2.26. The Morgan fingerprint density at radius 3 is 3.07 bits per heavy atom. The van der Waals surface area contributed by atoms with Crippen molar-refractivity contribution in [3.05, 3.63) is 29.3 Å². The molecule has 15 heavy (non-hydrogen) atoms. The maximum Gasteiger partial charge on any atom is 0.175 e. The lowest BCUT2D eigenvalue weighted by Crippen LogP contribution is -2.09. The molecule has 4 heteroatoms. The van der Waals surface area contributed by atoms with E-state index in [1.54, 1.807) is 12.1 Å². The summed E-state index contributed by atoms with van der Waals surface area (Å²) in [7, 11) is -1.08. The first-order valence-corrected chi connectivity index (χ1v) is 6.48. The highest BCUT2D eigenvalue weighted by atomic mass is 32.2. The number of carbonyl (C=O) groups is 1. The van der Waals surface area contributed by atoms with Crippen LogP contribution in [0.25, 0.3) is 0 Å². The van der Waals surface area contributed by atoms with Crippen LogP contribution in [-0.2, 0) is 17.2 Å². The number of ketones is 1. The zero-order valence-electron chi connectivity index (χ0n) is 8.49. The van der Waals surface area contributed by atoms with Gasteiger partial charge in [-0.1, -0.05) is 12.1 Å². The molecule has 0 aromatic heterocycles. The van der Waals surface area contributed by atoms with Crippen LogP contribution in [0, 0.1) is 0 Å². The molecule has 0 amide bonds. The quantitative estimate of drug-likeness (QED) is 0.724. The molecule has 3 nitrogen and oxygen atoms in total. The smallest absolute Gasteiger partial charge is 0.175 e. The van der Waals surface area contributed by atoms with Crippen LogP contribution in [-0.4, -0.2) is 28.6 Å². The van der Waals surface area contributed by atoms with Crippen molar-refractivity contribution in [2.45, 2.75) is 6.42 Å². The molecule has 2 rings (SSSR count). The second-order valence-corrected chi connectivity index (χ2v) is 5.00. The summed E-state index contributed by atoms with van der Waals surface area (Å²) in [5.41, 5.74) is 1.73. The number of hydrogen-bond acceptors (Lipinski definition) is 3. The SMILES string of the molecule is CS(=O)CC(=O)c1ccc2c(c1)OCC2. The molecule has 0 N–H and O–H groups in total. The van der Waals surface area contributed by atoms with Crippen molar-refractivity contribution in [2.75, 3.05) is 18.6 Å². The molecule has 0 saturated carbocycles. The molecule has 1 heterocycles. The van der Waals surface area contributed by atoms with Crippen LogP contribution >= 0.6 is 0 Å². The van der Waals surface area contributed by atoms with E-state index in [0.717, 1.165) is 17.7 Å². The summed E-state index contributed by atoms with van der Waals surface area (Å²) in [5, 5.41) is 0. The van der Waals surface area contributed by atoms with Crippen LogP contribution in [0.2, 0.25) is 0 Å². The monoisotopic (exact) mass is 224 g/mol. The van der Waals surface area contributed by atoms with Gasteiger partial charge in [-0.2, -0.15) is 0 Å². The van der Waals surface area contributed by atoms with Crippen LogP contribution in [0.5, 0.6) is 5.75 Å². The van der Waals surface area contributed by atoms with E-state index in [2.05, 4.69) is 0 Å². The van der Waals surface area contributed by atoms with E-state index in [4.69, 9.17) is 4.74 Å². The maximum absolute atomic E-state index is 11.6. The Balaban J connectivity index is 2.23. The third-order valence-corrected chi connectivity index (χ3v) is 3.02. The van der Waals surface area contributed by atoms with Gasteiger partial charge >= 0.3 is 0 Å². The van der Waals surface area contributed by atoms with Crippen molar-refractivity contribution in [3.63, 3.8) is 0 Å². The molecule has 1 aliphatic heterocycles. The van der Waals surface area contributed by atoms with E-state index in [1.165, 1.54) is 6.26 Å². The minimum absolute atomic E-state index is 0.0821. The summed E-state index contributed by atoms with van der Waals surface area (Å²) in [6.45, 7) is 0.687. The number of rotatable bonds is 3. The Hall–Kier alpha value is -1.16. The lowest BCUT2D eigenvalue weighted by Gasteiger charge is -2.02. The molecular formula is C11H12O3S. The van der Waals surface area contributed by atoms with Gasteiger partial charge in [0.15, 0.2) is 5.78 Å². The molecule has 0 fully saturated rings. The fraction of sp³-hybridized carbons (Fsp3) is 0.364. The zero-order chi connectivity index (χ0) is 10.8. The molecule has 0 bridgehead atoms. The maximum atomic E-state index is 11.6. The minimum Gasteiger partial charge on any atom is -0.493 e. The number of Topliss-reactive ketones (excluding diaryl/α,β-unsaturated/α-hetero) is 1. The lowest BCUT2D eigenvalue weighted by atomic mass is 10.1. The fourth-order valence-electron chi connectivity index (χ4n) is 1.61. The topological polar surface area (TPSA) is 43.4 Å². The zero-order valence-corrected chi connectivity index (χ0v) is 9.30. The Labute approximate surface area is 90.9 Å². The molecule has 1 aliphatic rings. The van der Waals surface area contributed by atoms with E-state index in [0.29, 0.717) is 12.2 Å². The molecule has 1 aromatic carbocycles. The first kappa shape index (κ1) is 10.4. The van der Waals surface area contributed by atoms with Gasteiger partial charge in [0.25, 0.3) is 0 Å². The average molecular weight is 224 g/mol. The number of ether oxygens (including phenoxy) is 1. The third-order valence-electron chi connectivity index (χ3n) is 2.35. The fourth-order valence-corrected chi connectivity index (χ4v) is 2.14. The standard InChI is InChI=1S/C11H12O3S/c1-15(13)7-10(12)9-3-2-8-4-5-14-11(8)6-9/h2-3,6H,4-5,7H2,1H3. The highest BCUT2D eigenvalue weighted by molar-refractivity contribution is 7.85. The second-order valence-electron chi connectivity index (χ2n) is 3.56. The Bertz CT molecular complexity index is 426. The number of hydrogen-bond donors (Lipinski definition) is 0. The third kappa shape index (κ3) is 2.26. The molecule has 0 spiro atoms. The van der Waals surface area contributed by atoms with Crippen molar-refractivity contribution in [3.8, 4) is 5.75 Å². The highest BCUT2D eigenvalue weighted by Gasteiger charge is 2.15. The van der Waals surface area contributed by atoms with E-state index < -0.39 is 10.8 Å². The van der Waals surface area contributed by atoms with Gasteiger partial charge < -0.3 is 4.74 Å². The lowest BCUT2D eigenvalue weighted by molar-refractivity contribution is 0.102. The van der Waals surface area contributed by atoms with E-state index in [1.807, 2.05) is 6.07 Å². The second kappa shape index (κ2) is 4.14. The van der Waals surface area contributed by atoms with Crippen molar-refractivity contribution >= 4 is 16.6 Å². The Kier molecular flexibility index (Phi) is 2.86. The van der Waals surface area contributed by atoms with Gasteiger partial charge in [-0.15, -0.1) is 0 Å². The summed E-state index contributed by atoms with van der Waals surface area (Å²) in [5.74, 6) is 0.788. The van der Waals surface area contributed by atoms with Gasteiger partial charge in [-0.3, -0.25) is 9.00 Å².